The summed E-state index contributed by atoms with van der Waals surface area (Å²) in [5, 5.41) is 7.07. The molecule has 0 radical (unpaired) electrons. The third kappa shape index (κ3) is 5.86. The Labute approximate surface area is 162 Å². The Hall–Kier alpha value is -2.38. The molecule has 0 bridgehead atoms. The van der Waals surface area contributed by atoms with Crippen LogP contribution < -0.4 is 25.8 Å². The number of guanidine groups is 1. The number of hydrogen-bond acceptors (Lipinski definition) is 5. The van der Waals surface area contributed by atoms with Crippen LogP contribution in [0.5, 0.6) is 11.5 Å². The van der Waals surface area contributed by atoms with E-state index in [0.29, 0.717) is 53.0 Å². The minimum absolute atomic E-state index is 0.344. The molecule has 0 amide bonds. The maximum absolute atomic E-state index is 6.04. The highest BCUT2D eigenvalue weighted by atomic mass is 35.5. The first kappa shape index (κ1) is 19.9. The molecule has 0 aliphatic carbocycles. The molecule has 9 heteroatoms. The molecule has 1 aromatic carbocycles. The zero-order chi connectivity index (χ0) is 18.9. The number of hydrogen-bond donors (Lipinski definition) is 3. The number of rotatable bonds is 8. The van der Waals surface area contributed by atoms with Gasteiger partial charge in [0.15, 0.2) is 17.5 Å². The molecule has 0 spiro atoms. The molecule has 0 aliphatic rings. The average molecular weight is 398 g/mol. The Morgan fingerprint density at radius 1 is 1.15 bits per heavy atom. The van der Waals surface area contributed by atoms with Crippen LogP contribution in [0, 0.1) is 0 Å². The first-order chi connectivity index (χ1) is 12.5. The number of nitrogens with one attached hydrogen (secondary N) is 2. The quantitative estimate of drug-likeness (QED) is 0.360. The highest BCUT2D eigenvalue weighted by Gasteiger charge is 2.04. The summed E-state index contributed by atoms with van der Waals surface area (Å²) in [7, 11) is 3.19. The summed E-state index contributed by atoms with van der Waals surface area (Å²) in [6, 6.07) is 7.24. The van der Waals surface area contributed by atoms with E-state index in [4.69, 9.17) is 38.4 Å². The molecule has 0 fully saturated rings. The van der Waals surface area contributed by atoms with Gasteiger partial charge in [0.1, 0.15) is 5.82 Å². The van der Waals surface area contributed by atoms with Crippen molar-refractivity contribution >= 4 is 35.0 Å². The molecule has 140 valence electrons. The van der Waals surface area contributed by atoms with Crippen molar-refractivity contribution in [3.63, 3.8) is 0 Å². The van der Waals surface area contributed by atoms with Crippen LogP contribution in [0.25, 0.3) is 0 Å². The third-order valence-corrected chi connectivity index (χ3v) is 3.91. The van der Waals surface area contributed by atoms with Gasteiger partial charge in [-0.05, 0) is 23.8 Å². The molecule has 2 aromatic rings. The van der Waals surface area contributed by atoms with Crippen LogP contribution in [-0.4, -0.2) is 38.3 Å². The van der Waals surface area contributed by atoms with Crippen molar-refractivity contribution < 1.29 is 9.47 Å². The van der Waals surface area contributed by atoms with Crippen molar-refractivity contribution in [3.05, 3.63) is 46.1 Å². The van der Waals surface area contributed by atoms with Crippen LogP contribution in [0.2, 0.25) is 10.0 Å². The second kappa shape index (κ2) is 9.94. The van der Waals surface area contributed by atoms with E-state index in [2.05, 4.69) is 20.6 Å². The molecule has 2 rings (SSSR count). The largest absolute Gasteiger partial charge is 0.493 e. The lowest BCUT2D eigenvalue weighted by molar-refractivity contribution is 0.354. The van der Waals surface area contributed by atoms with Crippen molar-refractivity contribution in [2.45, 2.75) is 6.54 Å². The molecule has 7 nitrogen and oxygen atoms in total. The molecule has 0 unspecified atom stereocenters. The number of aromatic nitrogens is 1. The Morgan fingerprint density at radius 2 is 1.92 bits per heavy atom. The van der Waals surface area contributed by atoms with Gasteiger partial charge in [0.25, 0.3) is 0 Å². The van der Waals surface area contributed by atoms with Crippen molar-refractivity contribution in [2.75, 3.05) is 32.6 Å². The number of halogens is 2. The number of pyridine rings is 1. The summed E-state index contributed by atoms with van der Waals surface area (Å²) in [5.41, 5.74) is 6.83. The van der Waals surface area contributed by atoms with Gasteiger partial charge < -0.3 is 25.8 Å². The van der Waals surface area contributed by atoms with E-state index < -0.39 is 0 Å². The lowest BCUT2D eigenvalue weighted by Crippen LogP contribution is -2.35. The van der Waals surface area contributed by atoms with Gasteiger partial charge in [-0.15, -0.1) is 0 Å². The normalized spacial score (nSPS) is 11.2. The molecule has 0 aliphatic heterocycles. The molecular weight excluding hydrogens is 377 g/mol. The average Bonchev–Trinajstić information content (AvgIpc) is 2.64. The van der Waals surface area contributed by atoms with E-state index in [-0.39, 0.29) is 0 Å². The van der Waals surface area contributed by atoms with E-state index in [1.807, 2.05) is 18.2 Å². The van der Waals surface area contributed by atoms with E-state index in [9.17, 15) is 0 Å². The summed E-state index contributed by atoms with van der Waals surface area (Å²) in [6.45, 7) is 1.56. The Balaban J connectivity index is 1.79. The fourth-order valence-corrected chi connectivity index (χ4v) is 2.57. The summed E-state index contributed by atoms with van der Waals surface area (Å²) in [5.74, 6) is 2.24. The third-order valence-electron chi connectivity index (χ3n) is 3.41. The van der Waals surface area contributed by atoms with Gasteiger partial charge in [0.05, 0.1) is 30.8 Å². The molecule has 26 heavy (non-hydrogen) atoms. The van der Waals surface area contributed by atoms with Crippen LogP contribution in [0.3, 0.4) is 0 Å². The van der Waals surface area contributed by atoms with Gasteiger partial charge in [-0.1, -0.05) is 29.3 Å². The minimum Gasteiger partial charge on any atom is -0.493 e. The summed E-state index contributed by atoms with van der Waals surface area (Å²) >= 11 is 11.8. The van der Waals surface area contributed by atoms with Gasteiger partial charge in [-0.2, -0.15) is 0 Å². The van der Waals surface area contributed by atoms with E-state index in [1.165, 1.54) is 6.20 Å². The smallest absolute Gasteiger partial charge is 0.188 e. The zero-order valence-electron chi connectivity index (χ0n) is 14.6. The van der Waals surface area contributed by atoms with E-state index in [0.717, 1.165) is 5.56 Å². The molecule has 0 saturated carbocycles. The summed E-state index contributed by atoms with van der Waals surface area (Å²) in [4.78, 5) is 8.41. The van der Waals surface area contributed by atoms with Gasteiger partial charge in [-0.3, -0.25) is 0 Å². The number of nitrogens with two attached hydrogens (primary N) is 1. The summed E-state index contributed by atoms with van der Waals surface area (Å²) < 4.78 is 10.5. The van der Waals surface area contributed by atoms with Crippen LogP contribution in [0.15, 0.2) is 35.5 Å². The second-order valence-electron chi connectivity index (χ2n) is 5.23. The predicted octanol–water partition coefficient (Wildman–Crippen LogP) is 2.92. The number of anilines is 1. The van der Waals surface area contributed by atoms with Crippen LogP contribution in [-0.2, 0) is 6.54 Å². The van der Waals surface area contributed by atoms with Gasteiger partial charge in [0.2, 0.25) is 0 Å². The van der Waals surface area contributed by atoms with Crippen molar-refractivity contribution in [2.24, 2.45) is 10.7 Å². The standard InChI is InChI=1S/C17H21Cl2N5O2/c1-25-14-4-3-11(7-15(14)26-2)9-24-17(20)22-6-5-21-16-13(19)8-12(18)10-23-16/h3-4,7-8,10H,5-6,9H2,1-2H3,(H,21,23)(H3,20,22,24). The van der Waals surface area contributed by atoms with Gasteiger partial charge in [0, 0.05) is 19.3 Å². The Bertz CT molecular complexity index is 771. The maximum Gasteiger partial charge on any atom is 0.188 e. The summed E-state index contributed by atoms with van der Waals surface area (Å²) in [6.07, 6.45) is 1.53. The Kier molecular flexibility index (Phi) is 7.62. The molecular formula is C17H21Cl2N5O2. The fraction of sp³-hybridized carbons (Fsp3) is 0.294. The van der Waals surface area contributed by atoms with Crippen molar-refractivity contribution in [1.29, 1.82) is 0 Å². The van der Waals surface area contributed by atoms with Crippen molar-refractivity contribution in [1.82, 2.24) is 10.3 Å². The van der Waals surface area contributed by atoms with Crippen LogP contribution in [0.4, 0.5) is 5.82 Å². The molecule has 4 N–H and O–H groups in total. The number of aliphatic imine (C=N–C) groups is 1. The first-order valence-electron chi connectivity index (χ1n) is 7.83. The molecule has 0 atom stereocenters. The molecule has 0 saturated heterocycles. The lowest BCUT2D eigenvalue weighted by Gasteiger charge is -2.10. The fourth-order valence-electron chi connectivity index (χ4n) is 2.13. The van der Waals surface area contributed by atoms with E-state index >= 15 is 0 Å². The molecule has 1 heterocycles. The number of benzene rings is 1. The molecule has 1 aromatic heterocycles. The van der Waals surface area contributed by atoms with E-state index in [1.54, 1.807) is 20.3 Å². The minimum atomic E-state index is 0.344. The highest BCUT2D eigenvalue weighted by Crippen LogP contribution is 2.27. The SMILES string of the molecule is COc1ccc(CN=C(N)NCCNc2ncc(Cl)cc2Cl)cc1OC. The maximum atomic E-state index is 6.04. The highest BCUT2D eigenvalue weighted by molar-refractivity contribution is 6.35. The van der Waals surface area contributed by atoms with Crippen molar-refractivity contribution in [3.8, 4) is 11.5 Å². The lowest BCUT2D eigenvalue weighted by atomic mass is 10.2. The topological polar surface area (TPSA) is 93.8 Å². The van der Waals surface area contributed by atoms with Gasteiger partial charge in [-0.25, -0.2) is 9.98 Å². The monoisotopic (exact) mass is 397 g/mol. The van der Waals surface area contributed by atoms with Crippen LogP contribution in [0.1, 0.15) is 5.56 Å². The second-order valence-corrected chi connectivity index (χ2v) is 6.07. The Morgan fingerprint density at radius 3 is 2.62 bits per heavy atom. The van der Waals surface area contributed by atoms with Gasteiger partial charge >= 0.3 is 0 Å². The zero-order valence-corrected chi connectivity index (χ0v) is 16.1. The van der Waals surface area contributed by atoms with Crippen LogP contribution >= 0.6 is 23.2 Å². The first-order valence-corrected chi connectivity index (χ1v) is 8.58. The number of ether oxygens (including phenoxy) is 2. The predicted molar refractivity (Wildman–Crippen MR) is 106 cm³/mol. The number of nitrogens with zero attached hydrogens (tertiary/aromatic N) is 2. The number of methoxy groups -OCH3 is 2.